The van der Waals surface area contributed by atoms with Crippen LogP contribution in [-0.2, 0) is 0 Å². The van der Waals surface area contributed by atoms with E-state index in [-0.39, 0.29) is 0 Å². The fourth-order valence-corrected chi connectivity index (χ4v) is 9.60. The number of fused-ring (bicyclic) bond motifs is 8. The van der Waals surface area contributed by atoms with E-state index in [1.54, 1.807) is 0 Å². The van der Waals surface area contributed by atoms with E-state index in [0.29, 0.717) is 0 Å². The maximum Gasteiger partial charge on any atom is 0.143 e. The number of hydrogen-bond donors (Lipinski definition) is 0. The molecule has 0 spiro atoms. The molecule has 0 saturated heterocycles. The van der Waals surface area contributed by atoms with E-state index in [0.717, 1.165) is 61.1 Å². The van der Waals surface area contributed by atoms with Crippen LogP contribution in [0.1, 0.15) is 0 Å². The van der Waals surface area contributed by atoms with E-state index in [1.807, 2.05) is 0 Å². The molecule has 0 N–H and O–H groups in total. The standard InChI is InChI=1S/C60H39NO/c1-2-17-40(18-3-1)46-23-8-9-24-47(46)42-21-16-22-44(37-42)61(45-34-36-55-56-35-33-41-19-4-7-26-49(41)60(56)62-59(55)39-45)58-32-15-14-31-54(58)51-28-11-13-30-53(51)57-38-43-20-5-6-25-48(43)50-27-10-12-29-52(50)57/h1-39H. The van der Waals surface area contributed by atoms with Crippen LogP contribution < -0.4 is 4.90 Å². The summed E-state index contributed by atoms with van der Waals surface area (Å²) in [6.07, 6.45) is 0. The second-order valence-electron chi connectivity index (χ2n) is 16.0. The summed E-state index contributed by atoms with van der Waals surface area (Å²) < 4.78 is 6.83. The van der Waals surface area contributed by atoms with Crippen molar-refractivity contribution in [3.63, 3.8) is 0 Å². The Labute approximate surface area is 360 Å². The molecule has 12 aromatic rings. The van der Waals surface area contributed by atoms with Crippen LogP contribution in [-0.4, -0.2) is 0 Å². The highest BCUT2D eigenvalue weighted by Crippen LogP contribution is 2.47. The smallest absolute Gasteiger partial charge is 0.143 e. The summed E-state index contributed by atoms with van der Waals surface area (Å²) in [5, 5.41) is 9.48. The Morgan fingerprint density at radius 1 is 0.274 bits per heavy atom. The molecule has 0 radical (unpaired) electrons. The predicted octanol–water partition coefficient (Wildman–Crippen LogP) is 17.2. The third-order valence-corrected chi connectivity index (χ3v) is 12.5. The highest BCUT2D eigenvalue weighted by Gasteiger charge is 2.22. The van der Waals surface area contributed by atoms with Crippen LogP contribution in [0.15, 0.2) is 241 Å². The summed E-state index contributed by atoms with van der Waals surface area (Å²) in [6, 6.07) is 85.5. The van der Waals surface area contributed by atoms with Gasteiger partial charge in [-0.3, -0.25) is 0 Å². The van der Waals surface area contributed by atoms with Gasteiger partial charge in [0.1, 0.15) is 11.2 Å². The van der Waals surface area contributed by atoms with Crippen molar-refractivity contribution >= 4 is 71.3 Å². The lowest BCUT2D eigenvalue weighted by molar-refractivity contribution is 0.672. The van der Waals surface area contributed by atoms with Gasteiger partial charge in [0.25, 0.3) is 0 Å². The van der Waals surface area contributed by atoms with E-state index in [1.165, 1.54) is 54.7 Å². The second-order valence-corrected chi connectivity index (χ2v) is 16.0. The minimum absolute atomic E-state index is 0.852. The van der Waals surface area contributed by atoms with Crippen molar-refractivity contribution in [2.75, 3.05) is 4.90 Å². The number of para-hydroxylation sites is 1. The molecule has 1 heterocycles. The first kappa shape index (κ1) is 35.7. The van der Waals surface area contributed by atoms with Gasteiger partial charge in [0, 0.05) is 39.2 Å². The quantitative estimate of drug-likeness (QED) is 0.150. The minimum atomic E-state index is 0.852. The molecule has 11 aromatic carbocycles. The highest BCUT2D eigenvalue weighted by atomic mass is 16.3. The lowest BCUT2D eigenvalue weighted by Gasteiger charge is -2.29. The molecule has 0 fully saturated rings. The third-order valence-electron chi connectivity index (χ3n) is 12.5. The Morgan fingerprint density at radius 3 is 1.65 bits per heavy atom. The fourth-order valence-electron chi connectivity index (χ4n) is 9.60. The van der Waals surface area contributed by atoms with Crippen LogP contribution >= 0.6 is 0 Å². The number of hydrogen-bond acceptors (Lipinski definition) is 2. The lowest BCUT2D eigenvalue weighted by atomic mass is 9.88. The summed E-state index contributed by atoms with van der Waals surface area (Å²) in [5.41, 5.74) is 14.3. The van der Waals surface area contributed by atoms with Crippen molar-refractivity contribution < 1.29 is 4.42 Å². The van der Waals surface area contributed by atoms with Crippen LogP contribution in [0.2, 0.25) is 0 Å². The third kappa shape index (κ3) is 5.96. The van der Waals surface area contributed by atoms with E-state index in [4.69, 9.17) is 4.42 Å². The van der Waals surface area contributed by atoms with Gasteiger partial charge in [-0.15, -0.1) is 0 Å². The van der Waals surface area contributed by atoms with Crippen molar-refractivity contribution in [1.82, 2.24) is 0 Å². The van der Waals surface area contributed by atoms with Crippen molar-refractivity contribution in [3.8, 4) is 44.5 Å². The van der Waals surface area contributed by atoms with E-state index < -0.39 is 0 Å². The van der Waals surface area contributed by atoms with Crippen LogP contribution in [0.25, 0.3) is 98.8 Å². The number of furan rings is 1. The summed E-state index contributed by atoms with van der Waals surface area (Å²) in [6.45, 7) is 0. The van der Waals surface area contributed by atoms with Gasteiger partial charge in [0.05, 0.1) is 5.69 Å². The first-order chi connectivity index (χ1) is 30.8. The van der Waals surface area contributed by atoms with Crippen LogP contribution in [0.4, 0.5) is 17.1 Å². The molecule has 0 aliphatic heterocycles. The van der Waals surface area contributed by atoms with E-state index >= 15 is 0 Å². The van der Waals surface area contributed by atoms with Crippen LogP contribution in [0.5, 0.6) is 0 Å². The molecule has 0 aliphatic carbocycles. The largest absolute Gasteiger partial charge is 0.455 e. The molecule has 62 heavy (non-hydrogen) atoms. The normalized spacial score (nSPS) is 11.5. The first-order valence-electron chi connectivity index (χ1n) is 21.3. The van der Waals surface area contributed by atoms with Crippen molar-refractivity contribution in [2.45, 2.75) is 0 Å². The monoisotopic (exact) mass is 789 g/mol. The molecule has 0 saturated carbocycles. The maximum absolute atomic E-state index is 6.83. The molecule has 0 unspecified atom stereocenters. The molecular formula is C60H39NO. The van der Waals surface area contributed by atoms with Gasteiger partial charge < -0.3 is 9.32 Å². The molecule has 0 amide bonds. The second kappa shape index (κ2) is 14.8. The summed E-state index contributed by atoms with van der Waals surface area (Å²) >= 11 is 0. The summed E-state index contributed by atoms with van der Waals surface area (Å²) in [5.74, 6) is 0. The molecule has 2 nitrogen and oxygen atoms in total. The Bertz CT molecular complexity index is 3650. The van der Waals surface area contributed by atoms with Crippen molar-refractivity contribution in [2.24, 2.45) is 0 Å². The average molecular weight is 790 g/mol. The van der Waals surface area contributed by atoms with Crippen molar-refractivity contribution in [3.05, 3.63) is 237 Å². The fraction of sp³-hybridized carbons (Fsp3) is 0. The molecule has 1 aromatic heterocycles. The first-order valence-corrected chi connectivity index (χ1v) is 21.3. The topological polar surface area (TPSA) is 16.4 Å². The van der Waals surface area contributed by atoms with Gasteiger partial charge in [-0.2, -0.15) is 0 Å². The summed E-state index contributed by atoms with van der Waals surface area (Å²) in [7, 11) is 0. The lowest BCUT2D eigenvalue weighted by Crippen LogP contribution is -2.11. The molecule has 0 bridgehead atoms. The Kier molecular flexibility index (Phi) is 8.53. The molecule has 12 rings (SSSR count). The highest BCUT2D eigenvalue weighted by molar-refractivity contribution is 6.17. The predicted molar refractivity (Wildman–Crippen MR) is 263 cm³/mol. The zero-order valence-electron chi connectivity index (χ0n) is 33.9. The molecular weight excluding hydrogens is 751 g/mol. The minimum Gasteiger partial charge on any atom is -0.455 e. The van der Waals surface area contributed by atoms with Gasteiger partial charge >= 0.3 is 0 Å². The van der Waals surface area contributed by atoms with Gasteiger partial charge in [-0.1, -0.05) is 188 Å². The summed E-state index contributed by atoms with van der Waals surface area (Å²) in [4.78, 5) is 2.41. The number of rotatable bonds is 7. The number of benzene rings is 11. The van der Waals surface area contributed by atoms with Gasteiger partial charge in [0.2, 0.25) is 0 Å². The van der Waals surface area contributed by atoms with Gasteiger partial charge in [0.15, 0.2) is 0 Å². The van der Waals surface area contributed by atoms with Crippen molar-refractivity contribution in [1.29, 1.82) is 0 Å². The molecule has 0 aliphatic rings. The van der Waals surface area contributed by atoms with Gasteiger partial charge in [-0.05, 0) is 108 Å². The van der Waals surface area contributed by atoms with E-state index in [9.17, 15) is 0 Å². The number of anilines is 3. The SMILES string of the molecule is c1ccc(-c2ccccc2-c2cccc(N(c3ccc4c(c3)oc3c5ccccc5ccc43)c3ccccc3-c3ccccc3-c3cc4ccccc4c4ccccc34)c2)cc1. The average Bonchev–Trinajstić information content (AvgIpc) is 3.73. The maximum atomic E-state index is 6.83. The zero-order chi connectivity index (χ0) is 41.0. The molecule has 2 heteroatoms. The molecule has 290 valence electrons. The Balaban J connectivity index is 1.09. The Hall–Kier alpha value is -8.20. The van der Waals surface area contributed by atoms with E-state index in [2.05, 4.69) is 241 Å². The Morgan fingerprint density at radius 2 is 0.839 bits per heavy atom. The van der Waals surface area contributed by atoms with Gasteiger partial charge in [-0.25, -0.2) is 0 Å². The van der Waals surface area contributed by atoms with Crippen LogP contribution in [0, 0.1) is 0 Å². The molecule has 0 atom stereocenters. The number of nitrogens with zero attached hydrogens (tertiary/aromatic N) is 1. The zero-order valence-corrected chi connectivity index (χ0v) is 33.9. The van der Waals surface area contributed by atoms with Crippen LogP contribution in [0.3, 0.4) is 0 Å².